The number of urea groups is 1. The molecule has 1 saturated carbocycles. The highest BCUT2D eigenvalue weighted by Gasteiger charge is 2.15. The Morgan fingerprint density at radius 1 is 1.08 bits per heavy atom. The molecule has 5 heteroatoms. The van der Waals surface area contributed by atoms with E-state index in [9.17, 15) is 4.79 Å². The van der Waals surface area contributed by atoms with Gasteiger partial charge in [-0.1, -0.05) is 19.3 Å². The number of carbonyl (C=O) groups is 1. The third-order valence-electron chi connectivity index (χ3n) is 4.99. The molecule has 0 saturated heterocycles. The second-order valence-corrected chi connectivity index (χ2v) is 7.01. The number of nitrogens with one attached hydrogen (secondary N) is 2. The van der Waals surface area contributed by atoms with Gasteiger partial charge in [0.05, 0.1) is 0 Å². The predicted octanol–water partition coefficient (Wildman–Crippen LogP) is 4.21. The van der Waals surface area contributed by atoms with E-state index in [1.165, 1.54) is 24.8 Å². The summed E-state index contributed by atoms with van der Waals surface area (Å²) in [6.45, 7) is 0.930. The maximum Gasteiger partial charge on any atom is 0.319 e. The van der Waals surface area contributed by atoms with Crippen LogP contribution in [0.1, 0.15) is 37.7 Å². The zero-order chi connectivity index (χ0) is 18.2. The van der Waals surface area contributed by atoms with Crippen LogP contribution in [-0.2, 0) is 6.42 Å². The van der Waals surface area contributed by atoms with Gasteiger partial charge in [0.15, 0.2) is 0 Å². The van der Waals surface area contributed by atoms with Gasteiger partial charge in [-0.15, -0.1) is 0 Å². The highest BCUT2D eigenvalue weighted by molar-refractivity contribution is 5.89. The number of carbonyl (C=O) groups excluding carboxylic acids is 1. The lowest BCUT2D eigenvalue weighted by atomic mass is 9.96. The number of hydrogen-bond acceptors (Lipinski definition) is 3. The fraction of sp³-hybridized carbons (Fsp3) is 0.429. The van der Waals surface area contributed by atoms with Crippen molar-refractivity contribution in [1.29, 1.82) is 0 Å². The van der Waals surface area contributed by atoms with Crippen molar-refractivity contribution in [2.45, 2.75) is 44.6 Å². The zero-order valence-corrected chi connectivity index (χ0v) is 15.4. The third kappa shape index (κ3) is 5.48. The van der Waals surface area contributed by atoms with Crippen LogP contribution in [0.2, 0.25) is 0 Å². The first kappa shape index (κ1) is 18.2. The van der Waals surface area contributed by atoms with Crippen molar-refractivity contribution in [2.24, 2.45) is 0 Å². The Morgan fingerprint density at radius 2 is 1.77 bits per heavy atom. The third-order valence-corrected chi connectivity index (χ3v) is 4.99. The largest absolute Gasteiger partial charge is 0.374 e. The summed E-state index contributed by atoms with van der Waals surface area (Å²) in [4.78, 5) is 18.4. The van der Waals surface area contributed by atoms with Gasteiger partial charge < -0.3 is 15.5 Å². The molecule has 0 atom stereocenters. The van der Waals surface area contributed by atoms with Crippen molar-refractivity contribution in [3.8, 4) is 0 Å². The Kier molecular flexibility index (Phi) is 6.47. The Bertz CT molecular complexity index is 681. The van der Waals surface area contributed by atoms with Crippen LogP contribution in [0.3, 0.4) is 0 Å². The van der Waals surface area contributed by atoms with Crippen LogP contribution >= 0.6 is 0 Å². The average molecular weight is 352 g/mol. The smallest absolute Gasteiger partial charge is 0.319 e. The van der Waals surface area contributed by atoms with Crippen LogP contribution in [0.4, 0.5) is 16.2 Å². The number of anilines is 2. The van der Waals surface area contributed by atoms with Gasteiger partial charge in [0.1, 0.15) is 0 Å². The average Bonchev–Trinajstić information content (AvgIpc) is 2.68. The Hall–Kier alpha value is -2.56. The summed E-state index contributed by atoms with van der Waals surface area (Å²) in [7, 11) is 2.08. The van der Waals surface area contributed by atoms with Crippen LogP contribution in [0.25, 0.3) is 0 Å². The van der Waals surface area contributed by atoms with Gasteiger partial charge in [0.25, 0.3) is 0 Å². The van der Waals surface area contributed by atoms with E-state index < -0.39 is 0 Å². The van der Waals surface area contributed by atoms with Crippen LogP contribution in [-0.4, -0.2) is 30.6 Å². The van der Waals surface area contributed by atoms with E-state index in [4.69, 9.17) is 0 Å². The highest BCUT2D eigenvalue weighted by Crippen LogP contribution is 2.19. The monoisotopic (exact) mass is 352 g/mol. The molecule has 26 heavy (non-hydrogen) atoms. The van der Waals surface area contributed by atoms with Crippen molar-refractivity contribution < 1.29 is 4.79 Å². The van der Waals surface area contributed by atoms with Gasteiger partial charge in [0.2, 0.25) is 0 Å². The molecule has 3 rings (SSSR count). The summed E-state index contributed by atoms with van der Waals surface area (Å²) in [5.41, 5.74) is 3.24. The molecule has 1 aliphatic rings. The predicted molar refractivity (Wildman–Crippen MR) is 107 cm³/mol. The minimum Gasteiger partial charge on any atom is -0.374 e. The molecule has 0 radical (unpaired) electrons. The highest BCUT2D eigenvalue weighted by atomic mass is 16.2. The number of aromatic nitrogens is 1. The molecule has 2 amide bonds. The lowest BCUT2D eigenvalue weighted by Gasteiger charge is -2.23. The molecule has 0 aliphatic heterocycles. The maximum atomic E-state index is 12.1. The Balaban J connectivity index is 1.47. The van der Waals surface area contributed by atoms with Crippen molar-refractivity contribution in [1.82, 2.24) is 10.3 Å². The summed E-state index contributed by atoms with van der Waals surface area (Å²) in [6, 6.07) is 12.3. The lowest BCUT2D eigenvalue weighted by molar-refractivity contribution is 0.244. The van der Waals surface area contributed by atoms with E-state index in [1.807, 2.05) is 48.8 Å². The Labute approximate surface area is 155 Å². The zero-order valence-electron chi connectivity index (χ0n) is 15.4. The summed E-state index contributed by atoms with van der Waals surface area (Å²) >= 11 is 0. The fourth-order valence-corrected chi connectivity index (χ4v) is 3.37. The van der Waals surface area contributed by atoms with Crippen molar-refractivity contribution in [3.63, 3.8) is 0 Å². The molecule has 2 aromatic rings. The van der Waals surface area contributed by atoms with Gasteiger partial charge in [-0.3, -0.25) is 4.98 Å². The van der Waals surface area contributed by atoms with E-state index in [-0.39, 0.29) is 6.03 Å². The SMILES string of the molecule is CN(CCc1ccncc1)c1ccc(NC(=O)NC2CCCCC2)cc1. The number of rotatable bonds is 6. The summed E-state index contributed by atoms with van der Waals surface area (Å²) in [6.07, 6.45) is 10.5. The standard InChI is InChI=1S/C21H28N4O/c1-25(16-13-17-11-14-22-15-12-17)20-9-7-19(8-10-20)24-21(26)23-18-5-3-2-4-6-18/h7-12,14-15,18H,2-6,13,16H2,1H3,(H2,23,24,26). The minimum absolute atomic E-state index is 0.101. The molecule has 5 nitrogen and oxygen atoms in total. The van der Waals surface area contributed by atoms with Gasteiger partial charge in [0, 0.05) is 43.4 Å². The molecular weight excluding hydrogens is 324 g/mol. The number of hydrogen-bond donors (Lipinski definition) is 2. The number of likely N-dealkylation sites (N-methyl/N-ethyl adjacent to an activating group) is 1. The molecule has 1 heterocycles. The normalized spacial score (nSPS) is 14.7. The molecule has 1 aliphatic carbocycles. The first-order valence-electron chi connectivity index (χ1n) is 9.48. The summed E-state index contributed by atoms with van der Waals surface area (Å²) in [5, 5.41) is 6.02. The topological polar surface area (TPSA) is 57.3 Å². The van der Waals surface area contributed by atoms with E-state index >= 15 is 0 Å². The van der Waals surface area contributed by atoms with Crippen molar-refractivity contribution >= 4 is 17.4 Å². The summed E-state index contributed by atoms with van der Waals surface area (Å²) in [5.74, 6) is 0. The summed E-state index contributed by atoms with van der Waals surface area (Å²) < 4.78 is 0. The number of amides is 2. The van der Waals surface area contributed by atoms with E-state index in [0.717, 1.165) is 37.2 Å². The van der Waals surface area contributed by atoms with Crippen LogP contribution in [0.5, 0.6) is 0 Å². The van der Waals surface area contributed by atoms with E-state index in [2.05, 4.69) is 27.6 Å². The lowest BCUT2D eigenvalue weighted by Crippen LogP contribution is -2.39. The van der Waals surface area contributed by atoms with Gasteiger partial charge in [-0.25, -0.2) is 4.79 Å². The second kappa shape index (κ2) is 9.22. The van der Waals surface area contributed by atoms with Crippen molar-refractivity contribution in [3.05, 3.63) is 54.4 Å². The molecule has 1 aromatic heterocycles. The second-order valence-electron chi connectivity index (χ2n) is 7.01. The molecule has 138 valence electrons. The van der Waals surface area contributed by atoms with E-state index in [1.54, 1.807) is 0 Å². The van der Waals surface area contributed by atoms with Crippen LogP contribution < -0.4 is 15.5 Å². The molecular formula is C21H28N4O. The Morgan fingerprint density at radius 3 is 2.46 bits per heavy atom. The van der Waals surface area contributed by atoms with Crippen LogP contribution in [0.15, 0.2) is 48.8 Å². The maximum absolute atomic E-state index is 12.1. The number of benzene rings is 1. The molecule has 1 aromatic carbocycles. The molecule has 2 N–H and O–H groups in total. The first-order chi connectivity index (χ1) is 12.7. The van der Waals surface area contributed by atoms with E-state index in [0.29, 0.717) is 6.04 Å². The van der Waals surface area contributed by atoms with Gasteiger partial charge >= 0.3 is 6.03 Å². The molecule has 0 unspecified atom stereocenters. The fourth-order valence-electron chi connectivity index (χ4n) is 3.37. The quantitative estimate of drug-likeness (QED) is 0.818. The first-order valence-corrected chi connectivity index (χ1v) is 9.48. The molecule has 0 bridgehead atoms. The molecule has 0 spiro atoms. The van der Waals surface area contributed by atoms with Crippen molar-refractivity contribution in [2.75, 3.05) is 23.8 Å². The number of nitrogens with zero attached hydrogens (tertiary/aromatic N) is 2. The van der Waals surface area contributed by atoms with Gasteiger partial charge in [-0.05, 0) is 61.2 Å². The number of pyridine rings is 1. The minimum atomic E-state index is -0.101. The van der Waals surface area contributed by atoms with Gasteiger partial charge in [-0.2, -0.15) is 0 Å². The molecule has 1 fully saturated rings. The van der Waals surface area contributed by atoms with Crippen LogP contribution in [0, 0.1) is 0 Å².